The minimum absolute atomic E-state index is 0.117. The van der Waals surface area contributed by atoms with Crippen LogP contribution >= 0.6 is 11.6 Å². The van der Waals surface area contributed by atoms with Crippen molar-refractivity contribution in [1.82, 2.24) is 5.32 Å². The quantitative estimate of drug-likeness (QED) is 0.697. The van der Waals surface area contributed by atoms with Crippen LogP contribution in [0.25, 0.3) is 0 Å². The molecule has 4 bridgehead atoms. The summed E-state index contributed by atoms with van der Waals surface area (Å²) in [6.45, 7) is 1.57. The number of amides is 1. The van der Waals surface area contributed by atoms with Crippen LogP contribution in [0.2, 0.25) is 5.02 Å². The minimum Gasteiger partial charge on any atom is -0.480 e. The first-order valence-corrected chi connectivity index (χ1v) is 10.6. The van der Waals surface area contributed by atoms with E-state index in [2.05, 4.69) is 12.2 Å². The average Bonchev–Trinajstić information content (AvgIpc) is 2.64. The molecule has 28 heavy (non-hydrogen) atoms. The first-order valence-electron chi connectivity index (χ1n) is 10.3. The van der Waals surface area contributed by atoms with Gasteiger partial charge in [-0.05, 0) is 80.8 Å². The lowest BCUT2D eigenvalue weighted by molar-refractivity contribution is -0.151. The Kier molecular flexibility index (Phi) is 5.55. The number of hydrogen-bond donors (Lipinski definition) is 1. The number of esters is 1. The van der Waals surface area contributed by atoms with E-state index in [4.69, 9.17) is 21.1 Å². The Morgan fingerprint density at radius 1 is 1.11 bits per heavy atom. The monoisotopic (exact) mass is 405 g/mol. The van der Waals surface area contributed by atoms with Crippen LogP contribution in [0.3, 0.4) is 0 Å². The molecule has 0 saturated heterocycles. The molecule has 0 aromatic heterocycles. The fourth-order valence-corrected chi connectivity index (χ4v) is 6.22. The SMILES string of the molecule is C[C@@H](NC(=O)COC(=O)COc1ccccc1Cl)C12CC3CC(CC(C3)C1)C2. The van der Waals surface area contributed by atoms with Gasteiger partial charge in [-0.1, -0.05) is 23.7 Å². The van der Waals surface area contributed by atoms with E-state index in [1.165, 1.54) is 38.5 Å². The third-order valence-corrected chi connectivity index (χ3v) is 7.24. The highest BCUT2D eigenvalue weighted by molar-refractivity contribution is 6.32. The van der Waals surface area contributed by atoms with E-state index in [1.807, 2.05) is 0 Å². The molecule has 5 rings (SSSR count). The molecule has 0 heterocycles. The second-order valence-electron chi connectivity index (χ2n) is 8.95. The second-order valence-corrected chi connectivity index (χ2v) is 9.36. The number of benzene rings is 1. The third-order valence-electron chi connectivity index (χ3n) is 6.93. The summed E-state index contributed by atoms with van der Waals surface area (Å²) in [4.78, 5) is 24.2. The normalized spacial score (nSPS) is 31.3. The van der Waals surface area contributed by atoms with E-state index in [0.717, 1.165) is 17.8 Å². The standard InChI is InChI=1S/C22H28ClNO4/c1-14(22-9-15-6-16(10-22)8-17(7-15)11-22)24-20(25)12-28-21(26)13-27-19-5-3-2-4-18(19)23/h2-5,14-17H,6-13H2,1H3,(H,24,25)/t14-,15?,16?,17?,22?/m1/s1. The fourth-order valence-electron chi connectivity index (χ4n) is 6.03. The van der Waals surface area contributed by atoms with E-state index >= 15 is 0 Å². The topological polar surface area (TPSA) is 64.6 Å². The first-order chi connectivity index (χ1) is 13.4. The number of carbonyl (C=O) groups is 2. The van der Waals surface area contributed by atoms with E-state index < -0.39 is 5.97 Å². The van der Waals surface area contributed by atoms with E-state index in [9.17, 15) is 9.59 Å². The summed E-state index contributed by atoms with van der Waals surface area (Å²) in [6.07, 6.45) is 7.82. The molecule has 4 fully saturated rings. The molecule has 0 aliphatic heterocycles. The number of ether oxygens (including phenoxy) is 2. The van der Waals surface area contributed by atoms with Gasteiger partial charge in [0, 0.05) is 6.04 Å². The highest BCUT2D eigenvalue weighted by Crippen LogP contribution is 2.61. The summed E-state index contributed by atoms with van der Waals surface area (Å²) in [5, 5.41) is 3.53. The van der Waals surface area contributed by atoms with Crippen molar-refractivity contribution in [2.45, 2.75) is 51.5 Å². The number of carbonyl (C=O) groups excluding carboxylic acids is 2. The lowest BCUT2D eigenvalue weighted by Crippen LogP contribution is -2.56. The molecule has 1 aromatic carbocycles. The van der Waals surface area contributed by atoms with Gasteiger partial charge in [0.05, 0.1) is 5.02 Å². The van der Waals surface area contributed by atoms with Crippen molar-refractivity contribution in [2.75, 3.05) is 13.2 Å². The molecule has 0 unspecified atom stereocenters. The molecule has 5 nitrogen and oxygen atoms in total. The number of rotatable bonds is 7. The van der Waals surface area contributed by atoms with Gasteiger partial charge in [-0.25, -0.2) is 4.79 Å². The highest BCUT2D eigenvalue weighted by atomic mass is 35.5. The van der Waals surface area contributed by atoms with Crippen molar-refractivity contribution in [3.05, 3.63) is 29.3 Å². The Labute approximate surface area is 171 Å². The molecule has 4 aliphatic carbocycles. The van der Waals surface area contributed by atoms with E-state index in [-0.39, 0.29) is 30.6 Å². The Bertz CT molecular complexity index is 715. The molecule has 4 saturated carbocycles. The van der Waals surface area contributed by atoms with Crippen LogP contribution in [0, 0.1) is 23.2 Å². The molecular weight excluding hydrogens is 378 g/mol. The number of para-hydroxylation sites is 1. The van der Waals surface area contributed by atoms with Crippen molar-refractivity contribution in [3.63, 3.8) is 0 Å². The van der Waals surface area contributed by atoms with Crippen LogP contribution in [0.1, 0.15) is 45.4 Å². The molecule has 4 aliphatic rings. The maximum Gasteiger partial charge on any atom is 0.344 e. The molecule has 152 valence electrons. The molecule has 1 N–H and O–H groups in total. The van der Waals surface area contributed by atoms with Crippen LogP contribution < -0.4 is 10.1 Å². The van der Waals surface area contributed by atoms with Gasteiger partial charge in [-0.2, -0.15) is 0 Å². The van der Waals surface area contributed by atoms with Gasteiger partial charge in [0.1, 0.15) is 5.75 Å². The number of nitrogens with one attached hydrogen (secondary N) is 1. The van der Waals surface area contributed by atoms with E-state index in [0.29, 0.717) is 10.8 Å². The fraction of sp³-hybridized carbons (Fsp3) is 0.636. The molecule has 1 atom stereocenters. The van der Waals surface area contributed by atoms with Crippen LogP contribution in [-0.4, -0.2) is 31.1 Å². The maximum absolute atomic E-state index is 12.3. The zero-order valence-electron chi connectivity index (χ0n) is 16.3. The summed E-state index contributed by atoms with van der Waals surface area (Å²) in [5.74, 6) is 2.11. The first kappa shape index (κ1) is 19.6. The van der Waals surface area contributed by atoms with Gasteiger partial charge in [-0.3, -0.25) is 4.79 Å². The maximum atomic E-state index is 12.3. The van der Waals surface area contributed by atoms with Crippen molar-refractivity contribution < 1.29 is 19.1 Å². The van der Waals surface area contributed by atoms with Crippen LogP contribution in [0.5, 0.6) is 5.75 Å². The average molecular weight is 406 g/mol. The molecule has 0 radical (unpaired) electrons. The Morgan fingerprint density at radius 3 is 2.32 bits per heavy atom. The van der Waals surface area contributed by atoms with Crippen molar-refractivity contribution in [3.8, 4) is 5.75 Å². The molecule has 1 aromatic rings. The van der Waals surface area contributed by atoms with Crippen molar-refractivity contribution >= 4 is 23.5 Å². The Hall–Kier alpha value is -1.75. The van der Waals surface area contributed by atoms with Gasteiger partial charge in [0.15, 0.2) is 13.2 Å². The second kappa shape index (κ2) is 7.94. The smallest absolute Gasteiger partial charge is 0.344 e. The molecular formula is C22H28ClNO4. The summed E-state index contributed by atoms with van der Waals surface area (Å²) in [5.41, 5.74) is 0.238. The molecule has 0 spiro atoms. The largest absolute Gasteiger partial charge is 0.480 e. The van der Waals surface area contributed by atoms with E-state index in [1.54, 1.807) is 24.3 Å². The van der Waals surface area contributed by atoms with Gasteiger partial charge < -0.3 is 14.8 Å². The van der Waals surface area contributed by atoms with Crippen molar-refractivity contribution in [2.24, 2.45) is 23.2 Å². The van der Waals surface area contributed by atoms with Gasteiger partial charge in [-0.15, -0.1) is 0 Å². The summed E-state index contributed by atoms with van der Waals surface area (Å²) in [7, 11) is 0. The summed E-state index contributed by atoms with van der Waals surface area (Å²) < 4.78 is 10.4. The lowest BCUT2D eigenvalue weighted by atomic mass is 9.48. The van der Waals surface area contributed by atoms with Gasteiger partial charge in [0.25, 0.3) is 5.91 Å². The minimum atomic E-state index is -0.586. The third kappa shape index (κ3) is 4.14. The lowest BCUT2D eigenvalue weighted by Gasteiger charge is -2.59. The number of halogens is 1. The Morgan fingerprint density at radius 2 is 1.71 bits per heavy atom. The number of hydrogen-bond acceptors (Lipinski definition) is 4. The summed E-state index contributed by atoms with van der Waals surface area (Å²) in [6, 6.07) is 7.03. The zero-order valence-corrected chi connectivity index (χ0v) is 17.0. The van der Waals surface area contributed by atoms with Crippen LogP contribution in [0.4, 0.5) is 0 Å². The van der Waals surface area contributed by atoms with Crippen LogP contribution in [-0.2, 0) is 14.3 Å². The van der Waals surface area contributed by atoms with Crippen molar-refractivity contribution in [1.29, 1.82) is 0 Å². The highest BCUT2D eigenvalue weighted by Gasteiger charge is 2.53. The van der Waals surface area contributed by atoms with Gasteiger partial charge in [0.2, 0.25) is 0 Å². The Balaban J connectivity index is 1.22. The molecule has 1 amide bonds. The van der Waals surface area contributed by atoms with Gasteiger partial charge >= 0.3 is 5.97 Å². The summed E-state index contributed by atoms with van der Waals surface area (Å²) >= 11 is 5.98. The molecule has 6 heteroatoms. The predicted octanol–water partition coefficient (Wildman–Crippen LogP) is 3.98. The predicted molar refractivity (Wildman–Crippen MR) is 106 cm³/mol. The van der Waals surface area contributed by atoms with Crippen LogP contribution in [0.15, 0.2) is 24.3 Å². The zero-order chi connectivity index (χ0) is 19.7.